The Hall–Kier alpha value is -1.51. The molecule has 0 N–H and O–H groups in total. The van der Waals surface area contributed by atoms with Crippen molar-refractivity contribution < 1.29 is 0 Å². The third kappa shape index (κ3) is 2.09. The molecule has 1 aromatic carbocycles. The summed E-state index contributed by atoms with van der Waals surface area (Å²) in [6.07, 6.45) is 6.88. The highest BCUT2D eigenvalue weighted by molar-refractivity contribution is 5.70. The summed E-state index contributed by atoms with van der Waals surface area (Å²) in [4.78, 5) is 9.10. The van der Waals surface area contributed by atoms with E-state index in [-0.39, 0.29) is 0 Å². The maximum absolute atomic E-state index is 4.55. The lowest BCUT2D eigenvalue weighted by atomic mass is 9.91. The van der Waals surface area contributed by atoms with Crippen molar-refractivity contribution in [3.05, 3.63) is 23.3 Å². The van der Waals surface area contributed by atoms with E-state index in [0.717, 1.165) is 5.69 Å². The molecule has 0 amide bonds. The first kappa shape index (κ1) is 11.6. The number of nitrogens with zero attached hydrogens (tertiary/aromatic N) is 3. The molecule has 3 rings (SSSR count). The summed E-state index contributed by atoms with van der Waals surface area (Å²) in [5, 5.41) is 0. The summed E-state index contributed by atoms with van der Waals surface area (Å²) >= 11 is 0. The van der Waals surface area contributed by atoms with Gasteiger partial charge in [-0.25, -0.2) is 4.99 Å². The second-order valence-corrected chi connectivity index (χ2v) is 5.51. The first-order valence-corrected chi connectivity index (χ1v) is 6.85. The van der Waals surface area contributed by atoms with Gasteiger partial charge in [-0.05, 0) is 48.9 Å². The second kappa shape index (κ2) is 4.63. The number of anilines is 1. The average molecular weight is 243 g/mol. The molecule has 0 aliphatic carbocycles. The van der Waals surface area contributed by atoms with E-state index in [2.05, 4.69) is 22.0 Å². The number of hydrogen-bond donors (Lipinski definition) is 0. The standard InChI is InChI=1S/C15H21N3/c1-17(2)11-16-14-9-12-5-3-7-18-8-4-6-13(10-14)15(12)18/h9-11H,3-8H2,1-2H3. The highest BCUT2D eigenvalue weighted by atomic mass is 15.1. The highest BCUT2D eigenvalue weighted by Crippen LogP contribution is 2.37. The van der Waals surface area contributed by atoms with Crippen molar-refractivity contribution in [2.45, 2.75) is 25.7 Å². The maximum Gasteiger partial charge on any atom is 0.0907 e. The van der Waals surface area contributed by atoms with Crippen molar-refractivity contribution >= 4 is 17.7 Å². The molecule has 0 aromatic heterocycles. The SMILES string of the molecule is CN(C)C=Nc1cc2c3c(c1)CCCN3CCC2. The van der Waals surface area contributed by atoms with E-state index in [4.69, 9.17) is 0 Å². The quantitative estimate of drug-likeness (QED) is 0.587. The summed E-state index contributed by atoms with van der Waals surface area (Å²) in [6, 6.07) is 4.55. The van der Waals surface area contributed by atoms with E-state index in [1.165, 1.54) is 55.6 Å². The molecule has 0 bridgehead atoms. The summed E-state index contributed by atoms with van der Waals surface area (Å²) in [5.74, 6) is 0. The Balaban J connectivity index is 2.01. The summed E-state index contributed by atoms with van der Waals surface area (Å²) in [7, 11) is 4.02. The molecule has 3 nitrogen and oxygen atoms in total. The Bertz CT molecular complexity index is 446. The van der Waals surface area contributed by atoms with Crippen LogP contribution in [0.4, 0.5) is 11.4 Å². The number of hydrogen-bond acceptors (Lipinski definition) is 2. The van der Waals surface area contributed by atoms with Gasteiger partial charge in [0.05, 0.1) is 12.0 Å². The van der Waals surface area contributed by atoms with Gasteiger partial charge in [0.25, 0.3) is 0 Å². The van der Waals surface area contributed by atoms with Crippen LogP contribution in [0.5, 0.6) is 0 Å². The molecule has 18 heavy (non-hydrogen) atoms. The van der Waals surface area contributed by atoms with E-state index in [1.54, 1.807) is 0 Å². The minimum atomic E-state index is 1.11. The number of rotatable bonds is 2. The Morgan fingerprint density at radius 1 is 1.11 bits per heavy atom. The Morgan fingerprint density at radius 2 is 1.72 bits per heavy atom. The fourth-order valence-electron chi connectivity index (χ4n) is 3.04. The van der Waals surface area contributed by atoms with Gasteiger partial charge in [0.15, 0.2) is 0 Å². The molecule has 0 radical (unpaired) electrons. The molecular weight excluding hydrogens is 222 g/mol. The summed E-state index contributed by atoms with van der Waals surface area (Å²) in [5.41, 5.74) is 5.64. The van der Waals surface area contributed by atoms with Crippen molar-refractivity contribution in [2.75, 3.05) is 32.1 Å². The van der Waals surface area contributed by atoms with Crippen LogP contribution in [0.2, 0.25) is 0 Å². The molecule has 96 valence electrons. The summed E-state index contributed by atoms with van der Waals surface area (Å²) < 4.78 is 0. The zero-order chi connectivity index (χ0) is 12.5. The lowest BCUT2D eigenvalue weighted by Gasteiger charge is -2.37. The fraction of sp³-hybridized carbons (Fsp3) is 0.533. The first-order chi connectivity index (χ1) is 8.74. The zero-order valence-electron chi connectivity index (χ0n) is 11.3. The fourth-order valence-corrected chi connectivity index (χ4v) is 3.04. The van der Waals surface area contributed by atoms with Crippen LogP contribution in [0.1, 0.15) is 24.0 Å². The number of benzene rings is 1. The van der Waals surface area contributed by atoms with Crippen LogP contribution in [0, 0.1) is 0 Å². The molecule has 2 heterocycles. The van der Waals surface area contributed by atoms with Gasteiger partial charge in [0.2, 0.25) is 0 Å². The first-order valence-electron chi connectivity index (χ1n) is 6.85. The molecular formula is C15H21N3. The molecule has 0 atom stereocenters. The van der Waals surface area contributed by atoms with Crippen molar-refractivity contribution in [3.63, 3.8) is 0 Å². The zero-order valence-corrected chi connectivity index (χ0v) is 11.3. The van der Waals surface area contributed by atoms with Crippen LogP contribution >= 0.6 is 0 Å². The van der Waals surface area contributed by atoms with Crippen LogP contribution < -0.4 is 4.90 Å². The lowest BCUT2D eigenvalue weighted by Crippen LogP contribution is -2.34. The third-order valence-electron chi connectivity index (χ3n) is 3.75. The largest absolute Gasteiger partial charge is 0.371 e. The highest BCUT2D eigenvalue weighted by Gasteiger charge is 2.23. The predicted octanol–water partition coefficient (Wildman–Crippen LogP) is 2.61. The Labute approximate surface area is 109 Å². The molecule has 3 heteroatoms. The van der Waals surface area contributed by atoms with Crippen molar-refractivity contribution in [1.82, 2.24) is 4.90 Å². The van der Waals surface area contributed by atoms with Gasteiger partial charge in [0.1, 0.15) is 0 Å². The van der Waals surface area contributed by atoms with Crippen LogP contribution in [-0.2, 0) is 12.8 Å². The molecule has 0 unspecified atom stereocenters. The van der Waals surface area contributed by atoms with Gasteiger partial charge in [-0.3, -0.25) is 0 Å². The van der Waals surface area contributed by atoms with Gasteiger partial charge in [-0.2, -0.15) is 0 Å². The normalized spacial score (nSPS) is 18.0. The third-order valence-corrected chi connectivity index (χ3v) is 3.75. The minimum absolute atomic E-state index is 1.11. The van der Waals surface area contributed by atoms with E-state index in [9.17, 15) is 0 Å². The van der Waals surface area contributed by atoms with Crippen molar-refractivity contribution in [1.29, 1.82) is 0 Å². The average Bonchev–Trinajstić information content (AvgIpc) is 2.37. The van der Waals surface area contributed by atoms with Gasteiger partial charge in [0, 0.05) is 32.9 Å². The van der Waals surface area contributed by atoms with Crippen molar-refractivity contribution in [2.24, 2.45) is 4.99 Å². The molecule has 2 aliphatic rings. The van der Waals surface area contributed by atoms with Gasteiger partial charge >= 0.3 is 0 Å². The maximum atomic E-state index is 4.55. The predicted molar refractivity (Wildman–Crippen MR) is 77.1 cm³/mol. The van der Waals surface area contributed by atoms with Crippen molar-refractivity contribution in [3.8, 4) is 0 Å². The molecule has 0 saturated carbocycles. The molecule has 0 spiro atoms. The van der Waals surface area contributed by atoms with E-state index in [1.807, 2.05) is 25.3 Å². The Morgan fingerprint density at radius 3 is 2.28 bits per heavy atom. The lowest BCUT2D eigenvalue weighted by molar-refractivity contribution is 0.633. The van der Waals surface area contributed by atoms with Crippen LogP contribution in [0.15, 0.2) is 17.1 Å². The summed E-state index contributed by atoms with van der Waals surface area (Å²) in [6.45, 7) is 2.47. The number of aryl methyl sites for hydroxylation is 2. The van der Waals surface area contributed by atoms with E-state index < -0.39 is 0 Å². The van der Waals surface area contributed by atoms with Crippen LogP contribution in [-0.4, -0.2) is 38.4 Å². The smallest absolute Gasteiger partial charge is 0.0907 e. The van der Waals surface area contributed by atoms with Gasteiger partial charge in [-0.1, -0.05) is 0 Å². The molecule has 1 aromatic rings. The minimum Gasteiger partial charge on any atom is -0.371 e. The molecule has 0 saturated heterocycles. The monoisotopic (exact) mass is 243 g/mol. The van der Waals surface area contributed by atoms with E-state index in [0.29, 0.717) is 0 Å². The molecule has 2 aliphatic heterocycles. The van der Waals surface area contributed by atoms with Gasteiger partial charge in [-0.15, -0.1) is 0 Å². The van der Waals surface area contributed by atoms with Crippen LogP contribution in [0.3, 0.4) is 0 Å². The van der Waals surface area contributed by atoms with E-state index >= 15 is 0 Å². The van der Waals surface area contributed by atoms with Crippen LogP contribution in [0.25, 0.3) is 0 Å². The second-order valence-electron chi connectivity index (χ2n) is 5.51. The molecule has 0 fully saturated rings. The Kier molecular flexibility index (Phi) is 2.98. The topological polar surface area (TPSA) is 18.8 Å². The number of aliphatic imine (C=N–C) groups is 1. The van der Waals surface area contributed by atoms with Gasteiger partial charge < -0.3 is 9.80 Å².